The van der Waals surface area contributed by atoms with Crippen molar-refractivity contribution >= 4 is 22.4 Å². The van der Waals surface area contributed by atoms with Crippen molar-refractivity contribution in [1.82, 2.24) is 9.88 Å². The Kier molecular flexibility index (Phi) is 5.55. The first kappa shape index (κ1) is 17.7. The summed E-state index contributed by atoms with van der Waals surface area (Å²) in [5.41, 5.74) is 2.19. The third-order valence-corrected chi connectivity index (χ3v) is 5.27. The van der Waals surface area contributed by atoms with Crippen molar-refractivity contribution in [1.29, 1.82) is 0 Å². The van der Waals surface area contributed by atoms with Gasteiger partial charge in [-0.25, -0.2) is 4.98 Å². The zero-order valence-corrected chi connectivity index (χ0v) is 15.4. The number of hydrogen-bond donors (Lipinski definition) is 1. The van der Waals surface area contributed by atoms with E-state index < -0.39 is 0 Å². The van der Waals surface area contributed by atoms with E-state index in [4.69, 9.17) is 14.8 Å². The van der Waals surface area contributed by atoms with Gasteiger partial charge in [0.25, 0.3) is 5.91 Å². The predicted octanol–water partition coefficient (Wildman–Crippen LogP) is 2.48. The summed E-state index contributed by atoms with van der Waals surface area (Å²) in [7, 11) is 3.29. The summed E-state index contributed by atoms with van der Waals surface area (Å²) in [6.07, 6.45) is 2.42. The van der Waals surface area contributed by atoms with E-state index in [2.05, 4.69) is 4.90 Å². The van der Waals surface area contributed by atoms with E-state index in [-0.39, 0.29) is 12.5 Å². The van der Waals surface area contributed by atoms with Crippen molar-refractivity contribution in [3.05, 3.63) is 29.1 Å². The minimum absolute atomic E-state index is 0.0590. The predicted molar refractivity (Wildman–Crippen MR) is 99.6 cm³/mol. The molecule has 1 amide bonds. The Bertz CT molecular complexity index is 741. The van der Waals surface area contributed by atoms with Crippen LogP contribution in [0.5, 0.6) is 5.75 Å². The maximum atomic E-state index is 12.5. The van der Waals surface area contributed by atoms with Gasteiger partial charge in [-0.1, -0.05) is 0 Å². The molecule has 1 aromatic carbocycles. The molecule has 3 rings (SSSR count). The molecule has 1 fully saturated rings. The van der Waals surface area contributed by atoms with Crippen LogP contribution in [-0.2, 0) is 0 Å². The number of aliphatic hydroxyl groups excluding tert-OH is 1. The fourth-order valence-corrected chi connectivity index (χ4v) is 3.83. The number of nitrogens with zero attached hydrogens (tertiary/aromatic N) is 3. The normalized spacial score (nSPS) is 14.0. The zero-order chi connectivity index (χ0) is 17.8. The van der Waals surface area contributed by atoms with Crippen LogP contribution in [0, 0.1) is 0 Å². The second-order valence-electron chi connectivity index (χ2n) is 6.07. The van der Waals surface area contributed by atoms with Crippen molar-refractivity contribution in [3.8, 4) is 17.0 Å². The van der Waals surface area contributed by atoms with Crippen LogP contribution in [-0.4, -0.2) is 61.3 Å². The molecule has 134 valence electrons. The molecule has 1 saturated heterocycles. The van der Waals surface area contributed by atoms with Crippen LogP contribution >= 0.6 is 11.3 Å². The van der Waals surface area contributed by atoms with Crippen LogP contribution < -0.4 is 9.64 Å². The Hall–Kier alpha value is -2.12. The molecule has 1 aromatic heterocycles. The number of carbonyl (C=O) groups excluding carboxylic acids is 1. The molecule has 0 radical (unpaired) electrons. The highest BCUT2D eigenvalue weighted by Gasteiger charge is 2.19. The van der Waals surface area contributed by atoms with Crippen LogP contribution in [0.2, 0.25) is 0 Å². The summed E-state index contributed by atoms with van der Waals surface area (Å²) < 4.78 is 5.46. The van der Waals surface area contributed by atoms with Crippen molar-refractivity contribution in [2.45, 2.75) is 12.8 Å². The molecule has 0 aliphatic carbocycles. The average Bonchev–Trinajstić information content (AvgIpc) is 3.31. The lowest BCUT2D eigenvalue weighted by Crippen LogP contribution is -2.29. The largest absolute Gasteiger partial charge is 0.496 e. The van der Waals surface area contributed by atoms with Crippen LogP contribution in [0.15, 0.2) is 23.6 Å². The molecule has 2 heterocycles. The fourth-order valence-electron chi connectivity index (χ4n) is 2.95. The number of likely N-dealkylation sites (N-methyl/N-ethyl adjacent to an activating group) is 1. The van der Waals surface area contributed by atoms with E-state index >= 15 is 0 Å². The quantitative estimate of drug-likeness (QED) is 0.856. The second-order valence-corrected chi connectivity index (χ2v) is 6.91. The van der Waals surface area contributed by atoms with Gasteiger partial charge in [0.2, 0.25) is 0 Å². The number of aromatic nitrogens is 1. The molecule has 1 aliphatic rings. The molecule has 25 heavy (non-hydrogen) atoms. The summed E-state index contributed by atoms with van der Waals surface area (Å²) >= 11 is 1.62. The Morgan fingerprint density at radius 3 is 2.84 bits per heavy atom. The van der Waals surface area contributed by atoms with Crippen LogP contribution in [0.3, 0.4) is 0 Å². The maximum absolute atomic E-state index is 12.5. The van der Waals surface area contributed by atoms with Gasteiger partial charge in [-0.15, -0.1) is 11.3 Å². The number of hydrogen-bond acceptors (Lipinski definition) is 6. The first-order valence-corrected chi connectivity index (χ1v) is 9.27. The maximum Gasteiger partial charge on any atom is 0.253 e. The van der Waals surface area contributed by atoms with Crippen LogP contribution in [0.4, 0.5) is 5.13 Å². The number of benzene rings is 1. The Morgan fingerprint density at radius 2 is 2.16 bits per heavy atom. The third kappa shape index (κ3) is 3.77. The molecule has 0 unspecified atom stereocenters. The SMILES string of the molecule is COc1ccc(C(=O)N(C)CCO)cc1-c1csc(N2CCCC2)n1. The topological polar surface area (TPSA) is 65.9 Å². The van der Waals surface area contributed by atoms with Gasteiger partial charge in [0.05, 0.1) is 19.4 Å². The molecular formula is C18H23N3O3S. The summed E-state index contributed by atoms with van der Waals surface area (Å²) in [5, 5.41) is 12.1. The summed E-state index contributed by atoms with van der Waals surface area (Å²) in [5.74, 6) is 0.563. The standard InChI is InChI=1S/C18H23N3O3S/c1-20(9-10-22)17(23)13-5-6-16(24-2)14(11-13)15-12-25-18(19-15)21-7-3-4-8-21/h5-6,11-12,22H,3-4,7-10H2,1-2H3. The van der Waals surface area contributed by atoms with Crippen molar-refractivity contribution in [3.63, 3.8) is 0 Å². The van der Waals surface area contributed by atoms with Gasteiger partial charge in [-0.3, -0.25) is 4.79 Å². The third-order valence-electron chi connectivity index (χ3n) is 4.37. The summed E-state index contributed by atoms with van der Waals surface area (Å²) in [6, 6.07) is 5.36. The zero-order valence-electron chi connectivity index (χ0n) is 14.6. The lowest BCUT2D eigenvalue weighted by atomic mass is 10.1. The minimum atomic E-state index is -0.132. The molecule has 1 N–H and O–H groups in total. The first-order valence-electron chi connectivity index (χ1n) is 8.39. The van der Waals surface area contributed by atoms with E-state index in [9.17, 15) is 4.79 Å². The number of carbonyl (C=O) groups is 1. The number of ether oxygens (including phenoxy) is 1. The van der Waals surface area contributed by atoms with E-state index in [0.29, 0.717) is 17.9 Å². The van der Waals surface area contributed by atoms with Crippen molar-refractivity contribution < 1.29 is 14.6 Å². The van der Waals surface area contributed by atoms with Gasteiger partial charge in [-0.05, 0) is 31.0 Å². The molecule has 6 nitrogen and oxygen atoms in total. The summed E-state index contributed by atoms with van der Waals surface area (Å²) in [6.45, 7) is 2.34. The van der Waals surface area contributed by atoms with Gasteiger partial charge in [0, 0.05) is 43.2 Å². The first-order chi connectivity index (χ1) is 12.1. The highest BCUT2D eigenvalue weighted by atomic mass is 32.1. The van der Waals surface area contributed by atoms with Crippen molar-refractivity contribution in [2.75, 3.05) is 45.3 Å². The lowest BCUT2D eigenvalue weighted by molar-refractivity contribution is 0.0767. The van der Waals surface area contributed by atoms with E-state index in [1.807, 2.05) is 11.4 Å². The smallest absolute Gasteiger partial charge is 0.253 e. The van der Waals surface area contributed by atoms with Gasteiger partial charge < -0.3 is 19.6 Å². The number of anilines is 1. The van der Waals surface area contributed by atoms with Gasteiger partial charge in [0.15, 0.2) is 5.13 Å². The monoisotopic (exact) mass is 361 g/mol. The number of amides is 1. The van der Waals surface area contributed by atoms with E-state index in [1.54, 1.807) is 37.6 Å². The summed E-state index contributed by atoms with van der Waals surface area (Å²) in [4.78, 5) is 21.0. The van der Waals surface area contributed by atoms with Gasteiger partial charge >= 0.3 is 0 Å². The Balaban J connectivity index is 1.91. The molecule has 0 spiro atoms. The number of aliphatic hydroxyl groups is 1. The van der Waals surface area contributed by atoms with Gasteiger partial charge in [0.1, 0.15) is 5.75 Å². The lowest BCUT2D eigenvalue weighted by Gasteiger charge is -2.17. The van der Waals surface area contributed by atoms with Crippen LogP contribution in [0.25, 0.3) is 11.3 Å². The van der Waals surface area contributed by atoms with E-state index in [1.165, 1.54) is 17.7 Å². The molecule has 0 atom stereocenters. The number of thiazole rings is 1. The Morgan fingerprint density at radius 1 is 1.40 bits per heavy atom. The minimum Gasteiger partial charge on any atom is -0.496 e. The second kappa shape index (κ2) is 7.84. The molecule has 0 saturated carbocycles. The number of methoxy groups -OCH3 is 1. The molecule has 1 aliphatic heterocycles. The van der Waals surface area contributed by atoms with Gasteiger partial charge in [-0.2, -0.15) is 0 Å². The van der Waals surface area contributed by atoms with Crippen LogP contribution in [0.1, 0.15) is 23.2 Å². The van der Waals surface area contributed by atoms with Crippen molar-refractivity contribution in [2.24, 2.45) is 0 Å². The molecule has 0 bridgehead atoms. The fraction of sp³-hybridized carbons (Fsp3) is 0.444. The molecule has 7 heteroatoms. The Labute approximate surface area is 151 Å². The number of rotatable bonds is 6. The molecule has 2 aromatic rings. The average molecular weight is 361 g/mol. The van der Waals surface area contributed by atoms with E-state index in [0.717, 1.165) is 29.5 Å². The molecular weight excluding hydrogens is 338 g/mol. The highest BCUT2D eigenvalue weighted by molar-refractivity contribution is 7.14. The highest BCUT2D eigenvalue weighted by Crippen LogP contribution is 2.35.